The molecule has 2 heteroatoms. The molecule has 0 spiro atoms. The molecule has 17 heavy (non-hydrogen) atoms. The molecule has 86 valence electrons. The molecule has 1 heterocycles. The number of hydrogen-bond acceptors (Lipinski definition) is 2. The van der Waals surface area contributed by atoms with Crippen LogP contribution in [0.1, 0.15) is 25.9 Å². The van der Waals surface area contributed by atoms with Crippen LogP contribution >= 0.6 is 0 Å². The van der Waals surface area contributed by atoms with Crippen LogP contribution in [0.15, 0.2) is 54.6 Å². The molecule has 0 amide bonds. The van der Waals surface area contributed by atoms with Gasteiger partial charge in [0.15, 0.2) is 0 Å². The van der Waals surface area contributed by atoms with Crippen molar-refractivity contribution in [2.45, 2.75) is 12.0 Å². The number of hydrogen-bond donors (Lipinski definition) is 1. The van der Waals surface area contributed by atoms with Gasteiger partial charge in [-0.05, 0) is 11.6 Å². The van der Waals surface area contributed by atoms with Crippen molar-refractivity contribution in [2.75, 3.05) is 6.56 Å². The number of ether oxygens (including phenoxy) is 1. The Hall–Kier alpha value is -1.80. The Labute approximate surface area is 105 Å². The Kier molecular flexibility index (Phi) is 1.87. The Morgan fingerprint density at radius 3 is 2.71 bits per heavy atom. The van der Waals surface area contributed by atoms with Crippen LogP contribution in [0.4, 0.5) is 0 Å². The van der Waals surface area contributed by atoms with Crippen molar-refractivity contribution in [1.82, 2.24) is 0 Å². The third-order valence-electron chi connectivity index (χ3n) is 3.07. The van der Waals surface area contributed by atoms with E-state index in [1.54, 1.807) is 0 Å². The first-order chi connectivity index (χ1) is 9.63. The lowest BCUT2D eigenvalue weighted by Crippen LogP contribution is -2.13. The largest absolute Gasteiger partial charge is 0.485 e. The third-order valence-corrected chi connectivity index (χ3v) is 3.07. The van der Waals surface area contributed by atoms with E-state index in [-0.39, 0.29) is 0 Å². The average molecular weight is 229 g/mol. The molecule has 3 rings (SSSR count). The zero-order valence-electron chi connectivity index (χ0n) is 12.2. The topological polar surface area (TPSA) is 29.5 Å². The summed E-state index contributed by atoms with van der Waals surface area (Å²) < 4.78 is 28.8. The van der Waals surface area contributed by atoms with Crippen LogP contribution in [0.5, 0.6) is 5.75 Å². The molecule has 1 N–H and O–H groups in total. The first-order valence-corrected chi connectivity index (χ1v) is 5.58. The maximum atomic E-state index is 7.96. The maximum Gasteiger partial charge on any atom is 0.210 e. The van der Waals surface area contributed by atoms with Gasteiger partial charge in [-0.25, -0.2) is 0 Å². The van der Waals surface area contributed by atoms with Gasteiger partial charge in [-0.2, -0.15) is 0 Å². The van der Waals surface area contributed by atoms with Crippen molar-refractivity contribution in [3.63, 3.8) is 0 Å². The molecule has 0 saturated carbocycles. The summed E-state index contributed by atoms with van der Waals surface area (Å²) in [5.74, 6) is -0.0223. The zero-order chi connectivity index (χ0) is 14.2. The smallest absolute Gasteiger partial charge is 0.210 e. The minimum atomic E-state index is -2.12. The molecule has 2 nitrogen and oxygen atoms in total. The van der Waals surface area contributed by atoms with Crippen molar-refractivity contribution in [3.8, 4) is 5.75 Å². The van der Waals surface area contributed by atoms with E-state index in [2.05, 4.69) is 5.11 Å². The summed E-state index contributed by atoms with van der Waals surface area (Å²) in [6.07, 6.45) is -0.492. The summed E-state index contributed by atoms with van der Waals surface area (Å²) in [5, 5.41) is 4.33. The Morgan fingerprint density at radius 1 is 1.12 bits per heavy atom. The summed E-state index contributed by atoms with van der Waals surface area (Å²) in [4.78, 5) is 0. The van der Waals surface area contributed by atoms with Crippen molar-refractivity contribution in [1.29, 1.82) is 1.43 Å². The standard InChI is InChI=1S/C15H14O2/c16-10-13-12-8-4-5-9-14(12)17-15(13)11-6-2-1-3-7-11/h1-9,13,15-16H,10H2/t13-,15+/m0/s1/i10D2,16D. The molecule has 0 radical (unpaired) electrons. The van der Waals surface area contributed by atoms with Crippen LogP contribution < -0.4 is 4.74 Å². The molecule has 0 bridgehead atoms. The Balaban J connectivity index is 2.08. The van der Waals surface area contributed by atoms with Gasteiger partial charge in [0.2, 0.25) is 1.43 Å². The highest BCUT2D eigenvalue weighted by atomic mass is 16.5. The second kappa shape index (κ2) is 4.22. The summed E-state index contributed by atoms with van der Waals surface area (Å²) in [6.45, 7) is -2.12. The van der Waals surface area contributed by atoms with Gasteiger partial charge in [0, 0.05) is 5.56 Å². The van der Waals surface area contributed by atoms with E-state index in [1.165, 1.54) is 0 Å². The molecule has 0 saturated heterocycles. The molecule has 0 aliphatic carbocycles. The Morgan fingerprint density at radius 2 is 1.88 bits per heavy atom. The predicted molar refractivity (Wildman–Crippen MR) is 66.1 cm³/mol. The molecule has 2 atom stereocenters. The molecular formula is C15H14O2. The number of rotatable bonds is 3. The fourth-order valence-electron chi connectivity index (χ4n) is 2.24. The highest BCUT2D eigenvalue weighted by molar-refractivity contribution is 5.43. The number of para-hydroxylation sites is 1. The van der Waals surface area contributed by atoms with Gasteiger partial charge in [-0.1, -0.05) is 48.5 Å². The monoisotopic (exact) mass is 229 g/mol. The van der Waals surface area contributed by atoms with Crippen molar-refractivity contribution >= 4 is 0 Å². The van der Waals surface area contributed by atoms with Crippen molar-refractivity contribution in [2.24, 2.45) is 0 Å². The molecular weight excluding hydrogens is 212 g/mol. The molecule has 0 fully saturated rings. The molecule has 1 aliphatic heterocycles. The van der Waals surface area contributed by atoms with Gasteiger partial charge in [-0.15, -0.1) is 0 Å². The van der Waals surface area contributed by atoms with Gasteiger partial charge < -0.3 is 9.85 Å². The van der Waals surface area contributed by atoms with E-state index in [0.29, 0.717) is 5.75 Å². The van der Waals surface area contributed by atoms with E-state index in [4.69, 9.17) is 8.91 Å². The van der Waals surface area contributed by atoms with Crippen LogP contribution in [0.3, 0.4) is 0 Å². The summed E-state index contributed by atoms with van der Waals surface area (Å²) in [7, 11) is 0. The molecule has 1 aliphatic rings. The van der Waals surface area contributed by atoms with Crippen LogP contribution in [0.2, 0.25) is 0 Å². The van der Waals surface area contributed by atoms with Gasteiger partial charge in [0.25, 0.3) is 0 Å². The van der Waals surface area contributed by atoms with E-state index in [0.717, 1.165) is 11.1 Å². The van der Waals surface area contributed by atoms with E-state index >= 15 is 0 Å². The Bertz CT molecular complexity index is 601. The fraction of sp³-hybridized carbons (Fsp3) is 0.200. The number of aliphatic hydroxyl groups is 1. The van der Waals surface area contributed by atoms with Crippen LogP contribution in [0, 0.1) is 0 Å². The van der Waals surface area contributed by atoms with Crippen LogP contribution in [0.25, 0.3) is 0 Å². The molecule has 0 unspecified atom stereocenters. The van der Waals surface area contributed by atoms with Crippen molar-refractivity contribution in [3.05, 3.63) is 65.7 Å². The van der Waals surface area contributed by atoms with E-state index < -0.39 is 18.6 Å². The summed E-state index contributed by atoms with van der Waals surface area (Å²) in [6, 6.07) is 16.8. The highest BCUT2D eigenvalue weighted by Crippen LogP contribution is 2.45. The fourth-order valence-corrected chi connectivity index (χ4v) is 2.24. The SMILES string of the molecule is [2H]OC([2H])([2H])[C@H]1c2ccccc2O[C@@H]1c1ccccc1. The zero-order valence-corrected chi connectivity index (χ0v) is 9.17. The van der Waals surface area contributed by atoms with Gasteiger partial charge in [-0.3, -0.25) is 0 Å². The molecule has 2 aromatic carbocycles. The summed E-state index contributed by atoms with van der Waals surface area (Å²) >= 11 is 0. The average Bonchev–Trinajstić information content (AvgIpc) is 2.88. The lowest BCUT2D eigenvalue weighted by atomic mass is 9.92. The van der Waals surface area contributed by atoms with Crippen LogP contribution in [-0.4, -0.2) is 13.1 Å². The molecule has 2 aromatic rings. The van der Waals surface area contributed by atoms with Gasteiger partial charge >= 0.3 is 0 Å². The van der Waals surface area contributed by atoms with Crippen molar-refractivity contribution < 1.29 is 12.6 Å². The van der Waals surface area contributed by atoms with Crippen LogP contribution in [-0.2, 0) is 0 Å². The first-order valence-electron chi connectivity index (χ1n) is 6.99. The first kappa shape index (κ1) is 7.51. The van der Waals surface area contributed by atoms with Gasteiger partial charge in [0.1, 0.15) is 11.9 Å². The highest BCUT2D eigenvalue weighted by Gasteiger charge is 2.34. The second-order valence-electron chi connectivity index (χ2n) is 4.08. The normalized spacial score (nSPS) is 25.3. The van der Waals surface area contributed by atoms with Gasteiger partial charge in [0.05, 0.1) is 15.2 Å². The second-order valence-corrected chi connectivity index (χ2v) is 4.08. The van der Waals surface area contributed by atoms with E-state index in [1.807, 2.05) is 54.6 Å². The lowest BCUT2D eigenvalue weighted by Gasteiger charge is -2.17. The quantitative estimate of drug-likeness (QED) is 0.877. The number of benzene rings is 2. The minimum Gasteiger partial charge on any atom is -0.485 e. The maximum absolute atomic E-state index is 7.96. The minimum absolute atomic E-state index is 0.492. The van der Waals surface area contributed by atoms with E-state index in [9.17, 15) is 0 Å². The summed E-state index contributed by atoms with van der Waals surface area (Å²) in [5.41, 5.74) is 1.60. The third kappa shape index (κ3) is 1.71. The number of fused-ring (bicyclic) bond motifs is 1. The predicted octanol–water partition coefficient (Wildman–Crippen LogP) is 2.90. The molecule has 0 aromatic heterocycles. The lowest BCUT2D eigenvalue weighted by molar-refractivity contribution is 0.160.